The van der Waals surface area contributed by atoms with E-state index in [1.165, 1.54) is 6.92 Å². The van der Waals surface area contributed by atoms with Gasteiger partial charge in [0, 0.05) is 5.01 Å². The summed E-state index contributed by atoms with van der Waals surface area (Å²) in [5.41, 5.74) is -1.27. The van der Waals surface area contributed by atoms with Gasteiger partial charge in [0.2, 0.25) is 0 Å². The van der Waals surface area contributed by atoms with Crippen LogP contribution < -0.4 is 0 Å². The number of carbonyl (C=O) groups excluding carboxylic acids is 1. The van der Waals surface area contributed by atoms with Crippen LogP contribution in [-0.2, 0) is 9.53 Å². The molecule has 0 heterocycles. The largest absolute Gasteiger partial charge is 0.498 e. The van der Waals surface area contributed by atoms with Crippen LogP contribution in [0.1, 0.15) is 26.7 Å². The molecule has 0 bridgehead atoms. The molecule has 0 rings (SSSR count). The summed E-state index contributed by atoms with van der Waals surface area (Å²) in [4.78, 5) is 11.3. The van der Waals surface area contributed by atoms with Crippen LogP contribution in [0.4, 0.5) is 0 Å². The van der Waals surface area contributed by atoms with Crippen LogP contribution in [0.25, 0.3) is 5.01 Å². The molecule has 0 saturated heterocycles. The minimum absolute atomic E-state index is 0.260. The van der Waals surface area contributed by atoms with E-state index in [9.17, 15) is 10.0 Å². The Morgan fingerprint density at radius 2 is 2.43 bits per heavy atom. The number of ether oxygens (including phenoxy) is 1. The van der Waals surface area contributed by atoms with Gasteiger partial charge in [0.05, 0.1) is 6.61 Å². The topological polar surface area (TPSA) is 53.7 Å². The highest BCUT2D eigenvalue weighted by Crippen LogP contribution is 2.17. The van der Waals surface area contributed by atoms with Crippen molar-refractivity contribution in [3.05, 3.63) is 22.9 Å². The van der Waals surface area contributed by atoms with Crippen LogP contribution >= 0.6 is 0 Å². The maximum Gasteiger partial charge on any atom is 0.342 e. The van der Waals surface area contributed by atoms with Crippen molar-refractivity contribution in [1.82, 2.24) is 0 Å². The zero-order valence-corrected chi connectivity index (χ0v) is 8.58. The zero-order chi connectivity index (χ0) is 11.0. The molecule has 0 N–H and O–H groups in total. The SMILES string of the molecule is C=CCCOC(C#[N+][O-])(CC)C(C)=O. The van der Waals surface area contributed by atoms with Gasteiger partial charge in [0.1, 0.15) is 0 Å². The highest BCUT2D eigenvalue weighted by atomic mass is 16.5. The molecule has 1 unspecified atom stereocenters. The average Bonchev–Trinajstić information content (AvgIpc) is 2.16. The van der Waals surface area contributed by atoms with E-state index in [1.807, 2.05) is 0 Å². The van der Waals surface area contributed by atoms with Crippen molar-refractivity contribution in [1.29, 1.82) is 0 Å². The molecule has 1 atom stereocenters. The van der Waals surface area contributed by atoms with E-state index in [-0.39, 0.29) is 5.78 Å². The van der Waals surface area contributed by atoms with Gasteiger partial charge in [-0.25, -0.2) is 0 Å². The van der Waals surface area contributed by atoms with Crippen molar-refractivity contribution >= 4 is 5.78 Å². The third kappa shape index (κ3) is 3.19. The maximum absolute atomic E-state index is 11.3. The maximum atomic E-state index is 11.3. The molecule has 0 saturated carbocycles. The van der Waals surface area contributed by atoms with Gasteiger partial charge in [-0.15, -0.1) is 6.58 Å². The highest BCUT2D eigenvalue weighted by molar-refractivity contribution is 5.88. The molecule has 0 aromatic heterocycles. The van der Waals surface area contributed by atoms with Crippen LogP contribution in [-0.4, -0.2) is 18.0 Å². The molecule has 0 aliphatic carbocycles. The Hall–Kier alpha value is -1.34. The summed E-state index contributed by atoms with van der Waals surface area (Å²) in [5, 5.41) is 12.6. The normalized spacial score (nSPS) is 13.6. The first-order valence-electron chi connectivity index (χ1n) is 4.48. The zero-order valence-electron chi connectivity index (χ0n) is 8.58. The number of carbonyl (C=O) groups is 1. The Morgan fingerprint density at radius 1 is 1.79 bits per heavy atom. The molecule has 0 radical (unpaired) electrons. The Bertz CT molecular complexity index is 264. The summed E-state index contributed by atoms with van der Waals surface area (Å²) >= 11 is 0. The monoisotopic (exact) mass is 197 g/mol. The number of rotatable bonds is 6. The lowest BCUT2D eigenvalue weighted by Crippen LogP contribution is -2.38. The molecule has 0 spiro atoms. The minimum Gasteiger partial charge on any atom is -0.498 e. The molecule has 0 aromatic rings. The molecule has 4 nitrogen and oxygen atoms in total. The van der Waals surface area contributed by atoms with Crippen molar-refractivity contribution in [2.45, 2.75) is 32.3 Å². The summed E-state index contributed by atoms with van der Waals surface area (Å²) in [6, 6.07) is 2.17. The Balaban J connectivity index is 4.56. The first-order valence-corrected chi connectivity index (χ1v) is 4.48. The van der Waals surface area contributed by atoms with Gasteiger partial charge in [-0.1, -0.05) is 13.0 Å². The Labute approximate surface area is 84.0 Å². The van der Waals surface area contributed by atoms with Crippen LogP contribution in [0, 0.1) is 11.3 Å². The third-order valence-corrected chi connectivity index (χ3v) is 1.96. The Morgan fingerprint density at radius 3 is 2.79 bits per heavy atom. The van der Waals surface area contributed by atoms with Crippen molar-refractivity contribution in [3.63, 3.8) is 0 Å². The van der Waals surface area contributed by atoms with E-state index in [1.54, 1.807) is 13.0 Å². The molecule has 0 fully saturated rings. The van der Waals surface area contributed by atoms with Crippen LogP contribution in [0.2, 0.25) is 0 Å². The summed E-state index contributed by atoms with van der Waals surface area (Å²) in [6.45, 7) is 6.96. The highest BCUT2D eigenvalue weighted by Gasteiger charge is 2.39. The fourth-order valence-corrected chi connectivity index (χ4v) is 1.03. The van der Waals surface area contributed by atoms with Crippen molar-refractivity contribution in [3.8, 4) is 6.07 Å². The predicted octanol–water partition coefficient (Wildman–Crippen LogP) is 2.15. The van der Waals surface area contributed by atoms with Gasteiger partial charge in [-0.3, -0.25) is 4.79 Å². The van der Waals surface area contributed by atoms with Gasteiger partial charge in [-0.2, -0.15) is 0 Å². The van der Waals surface area contributed by atoms with Gasteiger partial charge in [-0.05, 0) is 19.8 Å². The van der Waals surface area contributed by atoms with E-state index in [0.717, 1.165) is 0 Å². The van der Waals surface area contributed by atoms with Gasteiger partial charge >= 0.3 is 6.07 Å². The number of Topliss-reactive ketones (excluding diaryl/α,β-unsaturated/α-hetero) is 1. The lowest BCUT2D eigenvalue weighted by Gasteiger charge is -2.18. The molecular weight excluding hydrogens is 182 g/mol. The van der Waals surface area contributed by atoms with E-state index in [0.29, 0.717) is 19.4 Å². The first-order chi connectivity index (χ1) is 6.63. The first kappa shape index (κ1) is 12.7. The molecular formula is C10H15NO3. The lowest BCUT2D eigenvalue weighted by molar-refractivity contribution is -0.135. The molecule has 0 amide bonds. The third-order valence-electron chi connectivity index (χ3n) is 1.96. The summed E-state index contributed by atoms with van der Waals surface area (Å²) in [7, 11) is 0. The summed E-state index contributed by atoms with van der Waals surface area (Å²) < 4.78 is 5.30. The summed E-state index contributed by atoms with van der Waals surface area (Å²) in [6.07, 6.45) is 2.65. The van der Waals surface area contributed by atoms with Crippen molar-refractivity contribution in [2.75, 3.05) is 6.61 Å². The minimum atomic E-state index is -1.27. The Kier molecular flexibility index (Phi) is 5.58. The second-order valence-electron chi connectivity index (χ2n) is 2.87. The second kappa shape index (κ2) is 6.17. The predicted molar refractivity (Wildman–Crippen MR) is 55.1 cm³/mol. The molecule has 78 valence electrons. The van der Waals surface area contributed by atoms with E-state index in [2.05, 4.69) is 17.7 Å². The van der Waals surface area contributed by atoms with Crippen LogP contribution in [0.5, 0.6) is 0 Å². The molecule has 14 heavy (non-hydrogen) atoms. The molecule has 0 aromatic carbocycles. The van der Waals surface area contributed by atoms with Crippen LogP contribution in [0.3, 0.4) is 0 Å². The van der Waals surface area contributed by atoms with Crippen molar-refractivity contribution < 1.29 is 9.53 Å². The smallest absolute Gasteiger partial charge is 0.342 e. The second-order valence-corrected chi connectivity index (χ2v) is 2.87. The van der Waals surface area contributed by atoms with E-state index in [4.69, 9.17) is 4.74 Å². The van der Waals surface area contributed by atoms with Crippen LogP contribution in [0.15, 0.2) is 12.7 Å². The fourth-order valence-electron chi connectivity index (χ4n) is 1.03. The summed E-state index contributed by atoms with van der Waals surface area (Å²) in [5.74, 6) is -0.260. The number of hydrogen-bond acceptors (Lipinski definition) is 3. The quantitative estimate of drug-likeness (QED) is 0.372. The van der Waals surface area contributed by atoms with Gasteiger partial charge < -0.3 is 9.94 Å². The lowest BCUT2D eigenvalue weighted by atomic mass is 9.98. The van der Waals surface area contributed by atoms with Gasteiger partial charge in [0.15, 0.2) is 5.78 Å². The molecule has 0 aliphatic rings. The van der Waals surface area contributed by atoms with Crippen molar-refractivity contribution in [2.24, 2.45) is 0 Å². The number of nitrogens with zero attached hydrogens (tertiary/aromatic N) is 1. The fraction of sp³-hybridized carbons (Fsp3) is 0.600. The molecule has 4 heteroatoms. The van der Waals surface area contributed by atoms with E-state index >= 15 is 0 Å². The van der Waals surface area contributed by atoms with Gasteiger partial charge in [0.25, 0.3) is 5.60 Å². The number of ketones is 1. The standard InChI is InChI=1S/C10H15NO3/c1-4-6-7-14-10(5-2,8-11-13)9(3)12/h4H,1,5-7H2,2-3H3. The molecule has 0 aliphatic heterocycles. The average molecular weight is 197 g/mol. The van der Waals surface area contributed by atoms with E-state index < -0.39 is 5.60 Å². The number of hydrogen-bond donors (Lipinski definition) is 0.